The Labute approximate surface area is 132 Å². The Kier molecular flexibility index (Phi) is 5.36. The van der Waals surface area contributed by atoms with E-state index >= 15 is 0 Å². The van der Waals surface area contributed by atoms with Crippen molar-refractivity contribution in [2.75, 3.05) is 23.9 Å². The second kappa shape index (κ2) is 7.24. The van der Waals surface area contributed by atoms with Crippen molar-refractivity contribution >= 4 is 40.6 Å². The second-order valence-corrected chi connectivity index (χ2v) is 5.68. The first kappa shape index (κ1) is 15.5. The summed E-state index contributed by atoms with van der Waals surface area (Å²) in [5.41, 5.74) is 6.66. The second-order valence-electron chi connectivity index (χ2n) is 4.22. The van der Waals surface area contributed by atoms with Crippen LogP contribution < -0.4 is 15.8 Å². The topological polar surface area (TPSA) is 64.3 Å². The van der Waals surface area contributed by atoms with Crippen LogP contribution in [0.4, 0.5) is 11.4 Å². The molecule has 0 saturated carbocycles. The van der Waals surface area contributed by atoms with Crippen LogP contribution in [-0.2, 0) is 4.79 Å². The molecular formula is C15H15ClN2O2S. The summed E-state index contributed by atoms with van der Waals surface area (Å²) >= 11 is 7.52. The Balaban J connectivity index is 1.99. The van der Waals surface area contributed by atoms with Gasteiger partial charge in [-0.05, 0) is 18.2 Å². The normalized spacial score (nSPS) is 10.2. The van der Waals surface area contributed by atoms with Crippen molar-refractivity contribution < 1.29 is 9.53 Å². The summed E-state index contributed by atoms with van der Waals surface area (Å²) in [5, 5.41) is 3.14. The van der Waals surface area contributed by atoms with E-state index in [4.69, 9.17) is 22.1 Å². The molecule has 110 valence electrons. The molecule has 0 radical (unpaired) electrons. The number of nitrogens with two attached hydrogens (primary N) is 1. The number of hydrogen-bond donors (Lipinski definition) is 2. The summed E-state index contributed by atoms with van der Waals surface area (Å²) in [4.78, 5) is 13.0. The number of halogens is 1. The van der Waals surface area contributed by atoms with Gasteiger partial charge in [0.05, 0.1) is 29.3 Å². The highest BCUT2D eigenvalue weighted by atomic mass is 35.5. The molecule has 3 N–H and O–H groups in total. The minimum atomic E-state index is -0.141. The van der Waals surface area contributed by atoms with Gasteiger partial charge in [-0.25, -0.2) is 0 Å². The summed E-state index contributed by atoms with van der Waals surface area (Å²) in [5.74, 6) is 0.635. The molecule has 1 amide bonds. The molecular weight excluding hydrogens is 308 g/mol. The number of carbonyl (C=O) groups is 1. The van der Waals surface area contributed by atoms with Crippen LogP contribution in [0.15, 0.2) is 47.4 Å². The van der Waals surface area contributed by atoms with E-state index < -0.39 is 0 Å². The van der Waals surface area contributed by atoms with Crippen molar-refractivity contribution in [1.82, 2.24) is 0 Å². The molecule has 0 unspecified atom stereocenters. The van der Waals surface area contributed by atoms with Crippen LogP contribution in [-0.4, -0.2) is 18.8 Å². The Hall–Kier alpha value is -1.85. The van der Waals surface area contributed by atoms with Crippen LogP contribution in [0.3, 0.4) is 0 Å². The van der Waals surface area contributed by atoms with Crippen LogP contribution in [0, 0.1) is 0 Å². The molecule has 0 atom stereocenters. The zero-order valence-corrected chi connectivity index (χ0v) is 13.0. The third-order valence-corrected chi connectivity index (χ3v) is 4.03. The van der Waals surface area contributed by atoms with Crippen molar-refractivity contribution in [3.63, 3.8) is 0 Å². The Morgan fingerprint density at radius 1 is 1.33 bits per heavy atom. The minimum Gasteiger partial charge on any atom is -0.495 e. The maximum Gasteiger partial charge on any atom is 0.234 e. The number of ether oxygens (including phenoxy) is 1. The standard InChI is InChI=1S/C15H15ClN2O2S/c1-20-14-8-13(11(16)7-12(14)17)18-15(19)9-21-10-5-3-2-4-6-10/h2-8H,9,17H2,1H3,(H,18,19). The molecule has 0 aromatic heterocycles. The smallest absolute Gasteiger partial charge is 0.234 e. The maximum atomic E-state index is 12.0. The third-order valence-electron chi connectivity index (χ3n) is 2.71. The molecule has 2 aromatic rings. The van der Waals surface area contributed by atoms with Crippen molar-refractivity contribution in [3.05, 3.63) is 47.5 Å². The van der Waals surface area contributed by atoms with E-state index in [9.17, 15) is 4.79 Å². The number of hydrogen-bond acceptors (Lipinski definition) is 4. The molecule has 2 rings (SSSR count). The molecule has 0 bridgehead atoms. The van der Waals surface area contributed by atoms with Gasteiger partial charge in [0, 0.05) is 11.0 Å². The Bertz CT molecular complexity index is 635. The quantitative estimate of drug-likeness (QED) is 0.651. The van der Waals surface area contributed by atoms with Crippen molar-refractivity contribution in [2.45, 2.75) is 4.90 Å². The molecule has 4 nitrogen and oxygen atoms in total. The van der Waals surface area contributed by atoms with Gasteiger partial charge in [-0.1, -0.05) is 29.8 Å². The van der Waals surface area contributed by atoms with Crippen LogP contribution in [0.1, 0.15) is 0 Å². The van der Waals surface area contributed by atoms with Gasteiger partial charge in [0.2, 0.25) is 5.91 Å². The number of anilines is 2. The molecule has 0 spiro atoms. The fraction of sp³-hybridized carbons (Fsp3) is 0.133. The minimum absolute atomic E-state index is 0.141. The highest BCUT2D eigenvalue weighted by Gasteiger charge is 2.10. The summed E-state index contributed by atoms with van der Waals surface area (Å²) in [6.07, 6.45) is 0. The van der Waals surface area contributed by atoms with Gasteiger partial charge in [0.25, 0.3) is 0 Å². The molecule has 0 heterocycles. The molecule has 0 fully saturated rings. The van der Waals surface area contributed by atoms with Gasteiger partial charge in [-0.2, -0.15) is 0 Å². The highest BCUT2D eigenvalue weighted by Crippen LogP contribution is 2.32. The fourth-order valence-corrected chi connectivity index (χ4v) is 2.63. The summed E-state index contributed by atoms with van der Waals surface area (Å²) in [6.45, 7) is 0. The molecule has 0 aliphatic rings. The fourth-order valence-electron chi connectivity index (χ4n) is 1.69. The van der Waals surface area contributed by atoms with E-state index in [1.54, 1.807) is 12.1 Å². The molecule has 6 heteroatoms. The summed E-state index contributed by atoms with van der Waals surface area (Å²) < 4.78 is 5.11. The van der Waals surface area contributed by atoms with Gasteiger partial charge in [-0.15, -0.1) is 11.8 Å². The van der Waals surface area contributed by atoms with Crippen LogP contribution in [0.25, 0.3) is 0 Å². The largest absolute Gasteiger partial charge is 0.495 e. The first-order valence-electron chi connectivity index (χ1n) is 6.21. The number of methoxy groups -OCH3 is 1. The lowest BCUT2D eigenvalue weighted by atomic mass is 10.2. The maximum absolute atomic E-state index is 12.0. The average Bonchev–Trinajstić information content (AvgIpc) is 2.49. The SMILES string of the molecule is COc1cc(NC(=O)CSc2ccccc2)c(Cl)cc1N. The zero-order chi connectivity index (χ0) is 15.2. The van der Waals surface area contributed by atoms with Crippen molar-refractivity contribution in [2.24, 2.45) is 0 Å². The lowest BCUT2D eigenvalue weighted by Gasteiger charge is -2.11. The van der Waals surface area contributed by atoms with Gasteiger partial charge in [-0.3, -0.25) is 4.79 Å². The van der Waals surface area contributed by atoms with E-state index in [1.807, 2.05) is 30.3 Å². The van der Waals surface area contributed by atoms with E-state index in [2.05, 4.69) is 5.32 Å². The van der Waals surface area contributed by atoms with E-state index in [-0.39, 0.29) is 5.91 Å². The predicted octanol–water partition coefficient (Wildman–Crippen LogP) is 3.66. The Morgan fingerprint density at radius 2 is 2.05 bits per heavy atom. The molecule has 0 aliphatic heterocycles. The van der Waals surface area contributed by atoms with E-state index in [0.717, 1.165) is 4.90 Å². The van der Waals surface area contributed by atoms with Gasteiger partial charge in [0.1, 0.15) is 5.75 Å². The highest BCUT2D eigenvalue weighted by molar-refractivity contribution is 8.00. The van der Waals surface area contributed by atoms with E-state index in [1.165, 1.54) is 18.9 Å². The predicted molar refractivity (Wildman–Crippen MR) is 88.2 cm³/mol. The van der Waals surface area contributed by atoms with Crippen molar-refractivity contribution in [3.8, 4) is 5.75 Å². The number of benzene rings is 2. The number of carbonyl (C=O) groups excluding carboxylic acids is 1. The summed E-state index contributed by atoms with van der Waals surface area (Å²) in [7, 11) is 1.51. The first-order valence-corrected chi connectivity index (χ1v) is 7.57. The van der Waals surface area contributed by atoms with Crippen LogP contribution in [0.5, 0.6) is 5.75 Å². The lowest BCUT2D eigenvalue weighted by Crippen LogP contribution is -2.14. The van der Waals surface area contributed by atoms with E-state index in [0.29, 0.717) is 27.9 Å². The number of amides is 1. The molecule has 0 saturated heterocycles. The number of thioether (sulfide) groups is 1. The first-order chi connectivity index (χ1) is 10.1. The van der Waals surface area contributed by atoms with Crippen LogP contribution >= 0.6 is 23.4 Å². The number of rotatable bonds is 5. The van der Waals surface area contributed by atoms with Crippen LogP contribution in [0.2, 0.25) is 5.02 Å². The molecule has 2 aromatic carbocycles. The van der Waals surface area contributed by atoms with Gasteiger partial charge < -0.3 is 15.8 Å². The third kappa shape index (κ3) is 4.31. The lowest BCUT2D eigenvalue weighted by molar-refractivity contribution is -0.113. The Morgan fingerprint density at radius 3 is 2.71 bits per heavy atom. The van der Waals surface area contributed by atoms with Gasteiger partial charge in [0.15, 0.2) is 0 Å². The average molecular weight is 323 g/mol. The molecule has 21 heavy (non-hydrogen) atoms. The summed E-state index contributed by atoms with van der Waals surface area (Å²) in [6, 6.07) is 12.9. The number of nitrogen functional groups attached to an aromatic ring is 1. The van der Waals surface area contributed by atoms with Crippen molar-refractivity contribution in [1.29, 1.82) is 0 Å². The monoisotopic (exact) mass is 322 g/mol. The number of nitrogens with one attached hydrogen (secondary N) is 1. The van der Waals surface area contributed by atoms with Gasteiger partial charge >= 0.3 is 0 Å². The molecule has 0 aliphatic carbocycles. The zero-order valence-electron chi connectivity index (χ0n) is 11.4.